The first-order chi connectivity index (χ1) is 10.7. The van der Waals surface area contributed by atoms with Crippen LogP contribution < -0.4 is 20.9 Å². The zero-order chi connectivity index (χ0) is 15.5. The highest BCUT2D eigenvalue weighted by molar-refractivity contribution is 5.65. The highest BCUT2D eigenvalue weighted by Gasteiger charge is 2.21. The third-order valence-electron chi connectivity index (χ3n) is 3.90. The molecule has 22 heavy (non-hydrogen) atoms. The van der Waals surface area contributed by atoms with Crippen LogP contribution in [0.2, 0.25) is 0 Å². The number of nitrogens with zero attached hydrogens (tertiary/aromatic N) is 5. The molecule has 0 unspecified atom stereocenters. The van der Waals surface area contributed by atoms with E-state index in [2.05, 4.69) is 30.1 Å². The molecule has 2 aromatic rings. The molecular formula is C15H21N7. The molecule has 7 heteroatoms. The number of anilines is 4. The minimum absolute atomic E-state index is 0.610. The molecule has 1 fully saturated rings. The molecule has 3 heterocycles. The smallest absolute Gasteiger partial charge is 0.227 e. The predicted molar refractivity (Wildman–Crippen MR) is 89.4 cm³/mol. The van der Waals surface area contributed by atoms with Crippen molar-refractivity contribution >= 4 is 23.3 Å². The van der Waals surface area contributed by atoms with Gasteiger partial charge in [0.25, 0.3) is 0 Å². The second-order valence-electron chi connectivity index (χ2n) is 5.28. The van der Waals surface area contributed by atoms with Crippen LogP contribution in [-0.4, -0.2) is 48.2 Å². The molecule has 1 aliphatic heterocycles. The lowest BCUT2D eigenvalue weighted by Gasteiger charge is -2.35. The lowest BCUT2D eigenvalue weighted by atomic mass is 10.3. The van der Waals surface area contributed by atoms with Crippen molar-refractivity contribution in [1.29, 1.82) is 0 Å². The van der Waals surface area contributed by atoms with Gasteiger partial charge in [0.2, 0.25) is 5.95 Å². The minimum atomic E-state index is 0.610. The molecule has 116 valence electrons. The molecular weight excluding hydrogens is 278 g/mol. The highest BCUT2D eigenvalue weighted by Crippen LogP contribution is 2.23. The van der Waals surface area contributed by atoms with Crippen LogP contribution in [0.4, 0.5) is 23.3 Å². The Morgan fingerprint density at radius 3 is 2.45 bits per heavy atom. The molecule has 0 atom stereocenters. The van der Waals surface area contributed by atoms with Gasteiger partial charge in [0.15, 0.2) is 5.82 Å². The maximum absolute atomic E-state index is 5.97. The second-order valence-corrected chi connectivity index (χ2v) is 5.28. The number of hydrogen-bond acceptors (Lipinski definition) is 7. The summed E-state index contributed by atoms with van der Waals surface area (Å²) in [5.74, 6) is 2.44. The average Bonchev–Trinajstić information content (AvgIpc) is 2.58. The topological polar surface area (TPSA) is 83.2 Å². The lowest BCUT2D eigenvalue weighted by molar-refractivity contribution is 0.634. The van der Waals surface area contributed by atoms with E-state index >= 15 is 0 Å². The van der Waals surface area contributed by atoms with Crippen molar-refractivity contribution in [2.45, 2.75) is 6.92 Å². The Hall–Kier alpha value is -2.57. The van der Waals surface area contributed by atoms with Crippen molar-refractivity contribution in [2.24, 2.45) is 0 Å². The van der Waals surface area contributed by atoms with Crippen LogP contribution in [0, 0.1) is 6.92 Å². The van der Waals surface area contributed by atoms with Crippen LogP contribution >= 0.6 is 0 Å². The number of rotatable bonds is 3. The SMILES string of the molecule is CNc1nc(N2CCN(c3ccccn3)CC2)nc(C)c1N. The maximum Gasteiger partial charge on any atom is 0.227 e. The Bertz CT molecular complexity index is 636. The van der Waals surface area contributed by atoms with Crippen LogP contribution in [-0.2, 0) is 0 Å². The summed E-state index contributed by atoms with van der Waals surface area (Å²) in [6, 6.07) is 5.99. The molecule has 1 aliphatic rings. The van der Waals surface area contributed by atoms with Crippen LogP contribution in [0.15, 0.2) is 24.4 Å². The number of pyridine rings is 1. The Balaban J connectivity index is 1.73. The molecule has 2 aromatic heterocycles. The van der Waals surface area contributed by atoms with Crippen molar-refractivity contribution in [2.75, 3.05) is 54.1 Å². The van der Waals surface area contributed by atoms with Gasteiger partial charge in [-0.3, -0.25) is 0 Å². The van der Waals surface area contributed by atoms with Crippen LogP contribution in [0.1, 0.15) is 5.69 Å². The number of nitrogens with two attached hydrogens (primary N) is 1. The fourth-order valence-corrected chi connectivity index (χ4v) is 2.58. The van der Waals surface area contributed by atoms with E-state index in [9.17, 15) is 0 Å². The zero-order valence-corrected chi connectivity index (χ0v) is 13.0. The number of hydrogen-bond donors (Lipinski definition) is 2. The summed E-state index contributed by atoms with van der Waals surface area (Å²) in [7, 11) is 1.82. The summed E-state index contributed by atoms with van der Waals surface area (Å²) >= 11 is 0. The zero-order valence-electron chi connectivity index (χ0n) is 13.0. The summed E-state index contributed by atoms with van der Waals surface area (Å²) in [4.78, 5) is 17.9. The van der Waals surface area contributed by atoms with E-state index in [-0.39, 0.29) is 0 Å². The molecule has 1 saturated heterocycles. The number of aromatic nitrogens is 3. The maximum atomic E-state index is 5.97. The van der Waals surface area contributed by atoms with Crippen molar-refractivity contribution < 1.29 is 0 Å². The monoisotopic (exact) mass is 299 g/mol. The first-order valence-corrected chi connectivity index (χ1v) is 7.42. The first-order valence-electron chi connectivity index (χ1n) is 7.42. The highest BCUT2D eigenvalue weighted by atomic mass is 15.3. The molecule has 0 saturated carbocycles. The summed E-state index contributed by atoms with van der Waals surface area (Å²) in [6.07, 6.45) is 1.83. The molecule has 0 aliphatic carbocycles. The van der Waals surface area contributed by atoms with E-state index in [4.69, 9.17) is 5.73 Å². The van der Waals surface area contributed by atoms with Gasteiger partial charge in [-0.05, 0) is 19.1 Å². The van der Waals surface area contributed by atoms with E-state index < -0.39 is 0 Å². The summed E-state index contributed by atoms with van der Waals surface area (Å²) in [5, 5.41) is 3.03. The van der Waals surface area contributed by atoms with Crippen molar-refractivity contribution in [3.05, 3.63) is 30.1 Å². The standard InChI is InChI=1S/C15H21N7/c1-11-13(16)14(17-2)20-15(19-11)22-9-7-21(8-10-22)12-5-3-4-6-18-12/h3-6H,7-10,16H2,1-2H3,(H,17,19,20). The van der Waals surface area contributed by atoms with Crippen LogP contribution in [0.3, 0.4) is 0 Å². The minimum Gasteiger partial charge on any atom is -0.394 e. The fraction of sp³-hybridized carbons (Fsp3) is 0.400. The Labute approximate surface area is 130 Å². The molecule has 3 rings (SSSR count). The van der Waals surface area contributed by atoms with E-state index in [1.165, 1.54) is 0 Å². The number of piperazine rings is 1. The summed E-state index contributed by atoms with van der Waals surface area (Å²) < 4.78 is 0. The predicted octanol–water partition coefficient (Wildman–Crippen LogP) is 1.13. The van der Waals surface area contributed by atoms with E-state index in [0.717, 1.165) is 43.6 Å². The Kier molecular flexibility index (Phi) is 3.95. The second kappa shape index (κ2) is 6.05. The van der Waals surface area contributed by atoms with Gasteiger partial charge >= 0.3 is 0 Å². The van der Waals surface area contributed by atoms with Gasteiger partial charge in [0, 0.05) is 39.4 Å². The van der Waals surface area contributed by atoms with Gasteiger partial charge in [-0.1, -0.05) is 6.07 Å². The van der Waals surface area contributed by atoms with Gasteiger partial charge < -0.3 is 20.9 Å². The van der Waals surface area contributed by atoms with Crippen molar-refractivity contribution in [1.82, 2.24) is 15.0 Å². The van der Waals surface area contributed by atoms with Crippen LogP contribution in [0.5, 0.6) is 0 Å². The molecule has 0 bridgehead atoms. The lowest BCUT2D eigenvalue weighted by Crippen LogP contribution is -2.47. The van der Waals surface area contributed by atoms with Crippen LogP contribution in [0.25, 0.3) is 0 Å². The Morgan fingerprint density at radius 1 is 1.09 bits per heavy atom. The van der Waals surface area contributed by atoms with E-state index in [0.29, 0.717) is 11.5 Å². The van der Waals surface area contributed by atoms with E-state index in [1.807, 2.05) is 38.4 Å². The fourth-order valence-electron chi connectivity index (χ4n) is 2.58. The largest absolute Gasteiger partial charge is 0.394 e. The molecule has 3 N–H and O–H groups in total. The molecule has 0 amide bonds. The van der Waals surface area contributed by atoms with Crippen molar-refractivity contribution in [3.63, 3.8) is 0 Å². The third-order valence-corrected chi connectivity index (χ3v) is 3.90. The van der Waals surface area contributed by atoms with Gasteiger partial charge in [-0.2, -0.15) is 4.98 Å². The summed E-state index contributed by atoms with van der Waals surface area (Å²) in [5.41, 5.74) is 7.38. The Morgan fingerprint density at radius 2 is 1.82 bits per heavy atom. The van der Waals surface area contributed by atoms with Crippen molar-refractivity contribution in [3.8, 4) is 0 Å². The molecule has 0 radical (unpaired) electrons. The molecule has 0 aromatic carbocycles. The normalized spacial score (nSPS) is 15.0. The summed E-state index contributed by atoms with van der Waals surface area (Å²) in [6.45, 7) is 5.44. The third kappa shape index (κ3) is 2.74. The van der Waals surface area contributed by atoms with Gasteiger partial charge in [-0.15, -0.1) is 0 Å². The number of nitrogens with one attached hydrogen (secondary N) is 1. The number of aryl methyl sites for hydroxylation is 1. The first kappa shape index (κ1) is 14.4. The average molecular weight is 299 g/mol. The molecule has 0 spiro atoms. The van der Waals surface area contributed by atoms with E-state index in [1.54, 1.807) is 0 Å². The van der Waals surface area contributed by atoms with Gasteiger partial charge in [0.05, 0.1) is 11.4 Å². The van der Waals surface area contributed by atoms with Gasteiger partial charge in [-0.25, -0.2) is 9.97 Å². The quantitative estimate of drug-likeness (QED) is 0.879. The molecule has 7 nitrogen and oxygen atoms in total. The van der Waals surface area contributed by atoms with Gasteiger partial charge in [0.1, 0.15) is 5.82 Å². The number of nitrogen functional groups attached to an aromatic ring is 1.